The summed E-state index contributed by atoms with van der Waals surface area (Å²) in [5.74, 6) is -0.893. The molecule has 2 atom stereocenters. The lowest BCUT2D eigenvalue weighted by Gasteiger charge is -2.42. The number of thiophene rings is 1. The molecular weight excluding hydrogens is 284 g/mol. The van der Waals surface area contributed by atoms with Gasteiger partial charge in [-0.2, -0.15) is 0 Å². The van der Waals surface area contributed by atoms with Crippen LogP contribution in [0, 0.1) is 0 Å². The lowest BCUT2D eigenvalue weighted by atomic mass is 10.1. The van der Waals surface area contributed by atoms with Crippen LogP contribution in [0.25, 0.3) is 6.08 Å². The van der Waals surface area contributed by atoms with E-state index in [4.69, 9.17) is 5.11 Å². The van der Waals surface area contributed by atoms with Crippen LogP contribution in [0.5, 0.6) is 0 Å². The SMILES string of the molecule is CC1CN2CCCC2CN1Cc1ccc(/C=C/C(=O)O)s1. The average molecular weight is 306 g/mol. The predicted molar refractivity (Wildman–Crippen MR) is 85.5 cm³/mol. The Balaban J connectivity index is 1.62. The van der Waals surface area contributed by atoms with Gasteiger partial charge >= 0.3 is 5.97 Å². The summed E-state index contributed by atoms with van der Waals surface area (Å²) in [7, 11) is 0. The van der Waals surface area contributed by atoms with Crippen molar-refractivity contribution in [3.8, 4) is 0 Å². The van der Waals surface area contributed by atoms with E-state index < -0.39 is 5.97 Å². The summed E-state index contributed by atoms with van der Waals surface area (Å²) in [4.78, 5) is 18.1. The second-order valence-electron chi connectivity index (χ2n) is 6.05. The Labute approximate surface area is 129 Å². The van der Waals surface area contributed by atoms with Crippen molar-refractivity contribution in [2.24, 2.45) is 0 Å². The van der Waals surface area contributed by atoms with Gasteiger partial charge in [0.15, 0.2) is 0 Å². The number of hydrogen-bond acceptors (Lipinski definition) is 4. The number of nitrogens with zero attached hydrogens (tertiary/aromatic N) is 2. The molecule has 0 amide bonds. The molecule has 1 N–H and O–H groups in total. The Hall–Kier alpha value is -1.17. The number of carboxylic acid groups (broad SMARTS) is 1. The summed E-state index contributed by atoms with van der Waals surface area (Å²) in [6.07, 6.45) is 5.55. The first kappa shape index (κ1) is 14.8. The van der Waals surface area contributed by atoms with Gasteiger partial charge in [0, 0.05) is 47.5 Å². The summed E-state index contributed by atoms with van der Waals surface area (Å²) >= 11 is 1.69. The van der Waals surface area contributed by atoms with Gasteiger partial charge in [-0.1, -0.05) is 0 Å². The fourth-order valence-electron chi connectivity index (χ4n) is 3.39. The molecule has 2 aliphatic rings. The highest BCUT2D eigenvalue weighted by Gasteiger charge is 2.34. The van der Waals surface area contributed by atoms with E-state index in [1.807, 2.05) is 6.07 Å². The van der Waals surface area contributed by atoms with Crippen LogP contribution in [0.15, 0.2) is 18.2 Å². The molecule has 114 valence electrons. The van der Waals surface area contributed by atoms with E-state index >= 15 is 0 Å². The summed E-state index contributed by atoms with van der Waals surface area (Å²) in [6, 6.07) is 5.47. The van der Waals surface area contributed by atoms with Crippen LogP contribution in [0.2, 0.25) is 0 Å². The maximum Gasteiger partial charge on any atom is 0.328 e. The van der Waals surface area contributed by atoms with Crippen molar-refractivity contribution in [2.45, 2.75) is 38.4 Å². The summed E-state index contributed by atoms with van der Waals surface area (Å²) < 4.78 is 0. The third kappa shape index (κ3) is 3.54. The number of carboxylic acids is 1. The molecule has 2 unspecified atom stereocenters. The molecule has 5 heteroatoms. The van der Waals surface area contributed by atoms with Crippen molar-refractivity contribution in [2.75, 3.05) is 19.6 Å². The Bertz CT molecular complexity index is 540. The Morgan fingerprint density at radius 2 is 2.33 bits per heavy atom. The molecule has 0 radical (unpaired) electrons. The first-order valence-corrected chi connectivity index (χ1v) is 8.41. The Morgan fingerprint density at radius 1 is 1.48 bits per heavy atom. The number of aliphatic carboxylic acids is 1. The van der Waals surface area contributed by atoms with E-state index in [-0.39, 0.29) is 0 Å². The zero-order valence-corrected chi connectivity index (χ0v) is 13.2. The van der Waals surface area contributed by atoms with E-state index in [1.54, 1.807) is 17.4 Å². The highest BCUT2D eigenvalue weighted by molar-refractivity contribution is 7.12. The first-order chi connectivity index (χ1) is 10.1. The molecule has 0 aliphatic carbocycles. The number of hydrogen-bond donors (Lipinski definition) is 1. The molecule has 0 aromatic carbocycles. The van der Waals surface area contributed by atoms with Gasteiger partial charge in [0.25, 0.3) is 0 Å². The normalized spacial score (nSPS) is 27.3. The van der Waals surface area contributed by atoms with Gasteiger partial charge in [-0.15, -0.1) is 11.3 Å². The van der Waals surface area contributed by atoms with Crippen LogP contribution in [0.3, 0.4) is 0 Å². The van der Waals surface area contributed by atoms with Crippen LogP contribution < -0.4 is 0 Å². The molecule has 0 bridgehead atoms. The van der Waals surface area contributed by atoms with Crippen LogP contribution >= 0.6 is 11.3 Å². The monoisotopic (exact) mass is 306 g/mol. The first-order valence-electron chi connectivity index (χ1n) is 7.59. The lowest BCUT2D eigenvalue weighted by Crippen LogP contribution is -2.54. The van der Waals surface area contributed by atoms with Crippen LogP contribution in [-0.2, 0) is 11.3 Å². The quantitative estimate of drug-likeness (QED) is 0.868. The largest absolute Gasteiger partial charge is 0.478 e. The fourth-order valence-corrected chi connectivity index (χ4v) is 4.33. The molecule has 4 nitrogen and oxygen atoms in total. The Kier molecular flexibility index (Phi) is 4.42. The topological polar surface area (TPSA) is 43.8 Å². The summed E-state index contributed by atoms with van der Waals surface area (Å²) in [5, 5.41) is 8.67. The number of carbonyl (C=O) groups is 1. The van der Waals surface area contributed by atoms with E-state index in [0.717, 1.165) is 17.5 Å². The molecule has 2 aliphatic heterocycles. The third-order valence-electron chi connectivity index (χ3n) is 4.50. The molecule has 0 spiro atoms. The third-order valence-corrected chi connectivity index (χ3v) is 5.53. The van der Waals surface area contributed by atoms with Crippen molar-refractivity contribution in [1.29, 1.82) is 0 Å². The smallest absolute Gasteiger partial charge is 0.328 e. The second kappa shape index (κ2) is 6.30. The van der Waals surface area contributed by atoms with Gasteiger partial charge in [-0.05, 0) is 44.5 Å². The number of rotatable bonds is 4. The van der Waals surface area contributed by atoms with Gasteiger partial charge in [0.05, 0.1) is 0 Å². The maximum absolute atomic E-state index is 10.6. The minimum Gasteiger partial charge on any atom is -0.478 e. The molecule has 3 rings (SSSR count). The van der Waals surface area contributed by atoms with Crippen LogP contribution in [-0.4, -0.2) is 52.6 Å². The molecule has 21 heavy (non-hydrogen) atoms. The fraction of sp³-hybridized carbons (Fsp3) is 0.562. The van der Waals surface area contributed by atoms with Gasteiger partial charge in [-0.25, -0.2) is 4.79 Å². The summed E-state index contributed by atoms with van der Waals surface area (Å²) in [6.45, 7) is 6.91. The second-order valence-corrected chi connectivity index (χ2v) is 7.25. The van der Waals surface area contributed by atoms with Crippen molar-refractivity contribution in [3.05, 3.63) is 28.0 Å². The van der Waals surface area contributed by atoms with Crippen molar-refractivity contribution < 1.29 is 9.90 Å². The van der Waals surface area contributed by atoms with Gasteiger partial charge in [-0.3, -0.25) is 9.80 Å². The van der Waals surface area contributed by atoms with Gasteiger partial charge in [0.1, 0.15) is 0 Å². The highest BCUT2D eigenvalue weighted by Crippen LogP contribution is 2.27. The standard InChI is InChI=1S/C16H22N2O2S/c1-12-9-17-8-2-3-13(17)10-18(12)11-15-5-4-14(21-15)6-7-16(19)20/h4-7,12-13H,2-3,8-11H2,1H3,(H,19,20)/b7-6+. The molecule has 3 heterocycles. The summed E-state index contributed by atoms with van der Waals surface area (Å²) in [5.41, 5.74) is 0. The average Bonchev–Trinajstić information content (AvgIpc) is 3.06. The van der Waals surface area contributed by atoms with E-state index in [1.165, 1.54) is 43.4 Å². The maximum atomic E-state index is 10.6. The molecular formula is C16H22N2O2S. The van der Waals surface area contributed by atoms with Crippen LogP contribution in [0.1, 0.15) is 29.5 Å². The van der Waals surface area contributed by atoms with Crippen LogP contribution in [0.4, 0.5) is 0 Å². The minimum absolute atomic E-state index is 0.597. The van der Waals surface area contributed by atoms with Gasteiger partial charge < -0.3 is 5.11 Å². The molecule has 2 saturated heterocycles. The highest BCUT2D eigenvalue weighted by atomic mass is 32.1. The molecule has 0 saturated carbocycles. The van der Waals surface area contributed by atoms with Crippen molar-refractivity contribution in [3.63, 3.8) is 0 Å². The lowest BCUT2D eigenvalue weighted by molar-refractivity contribution is -0.131. The zero-order chi connectivity index (χ0) is 14.8. The van der Waals surface area contributed by atoms with E-state index in [2.05, 4.69) is 22.8 Å². The van der Waals surface area contributed by atoms with Crippen molar-refractivity contribution >= 4 is 23.4 Å². The predicted octanol–water partition coefficient (Wildman–Crippen LogP) is 2.51. The molecule has 1 aromatic heterocycles. The Morgan fingerprint density at radius 3 is 3.14 bits per heavy atom. The van der Waals surface area contributed by atoms with E-state index in [0.29, 0.717) is 6.04 Å². The van der Waals surface area contributed by atoms with E-state index in [9.17, 15) is 4.79 Å². The zero-order valence-electron chi connectivity index (χ0n) is 12.4. The minimum atomic E-state index is -0.893. The van der Waals surface area contributed by atoms with Gasteiger partial charge in [0.2, 0.25) is 0 Å². The molecule has 2 fully saturated rings. The number of fused-ring (bicyclic) bond motifs is 1. The molecule has 1 aromatic rings. The number of piperazine rings is 1. The van der Waals surface area contributed by atoms with Crippen molar-refractivity contribution in [1.82, 2.24) is 9.80 Å².